The van der Waals surface area contributed by atoms with Crippen LogP contribution in [0, 0.1) is 5.92 Å². The van der Waals surface area contributed by atoms with Gasteiger partial charge in [0, 0.05) is 18.9 Å². The Hall–Kier alpha value is -2.04. The average molecular weight is 223 g/mol. The zero-order chi connectivity index (χ0) is 12.3. The van der Waals surface area contributed by atoms with Crippen LogP contribution in [0.1, 0.15) is 12.6 Å². The lowest BCUT2D eigenvalue weighted by molar-refractivity contribution is -0.143. The van der Waals surface area contributed by atoms with Gasteiger partial charge in [0.05, 0.1) is 11.5 Å². The van der Waals surface area contributed by atoms with E-state index in [1.54, 1.807) is 29.9 Å². The summed E-state index contributed by atoms with van der Waals surface area (Å²) in [7, 11) is 1.76. The molecule has 1 unspecified atom stereocenters. The van der Waals surface area contributed by atoms with Gasteiger partial charge in [0.15, 0.2) is 0 Å². The first-order valence-corrected chi connectivity index (χ1v) is 4.72. The number of aliphatic carboxylic acids is 2. The lowest BCUT2D eigenvalue weighted by Crippen LogP contribution is -2.18. The van der Waals surface area contributed by atoms with Gasteiger partial charge in [0.1, 0.15) is 0 Å². The van der Waals surface area contributed by atoms with Crippen LogP contribution in [-0.2, 0) is 16.6 Å². The summed E-state index contributed by atoms with van der Waals surface area (Å²) in [5.74, 6) is -3.40. The molecule has 1 heterocycles. The van der Waals surface area contributed by atoms with Crippen molar-refractivity contribution in [3.8, 4) is 0 Å². The van der Waals surface area contributed by atoms with E-state index in [4.69, 9.17) is 10.2 Å². The standard InChI is InChI=1S/C11H13NO4/c1-7(10(13)14)9(11(15)16)6-8-4-3-5-12(8)2/h3-7H,1-2H3,(H,13,14)(H,15,16). The Kier molecular flexibility index (Phi) is 3.50. The van der Waals surface area contributed by atoms with Gasteiger partial charge in [0.2, 0.25) is 0 Å². The largest absolute Gasteiger partial charge is 0.481 e. The van der Waals surface area contributed by atoms with Crippen LogP contribution in [0.2, 0.25) is 0 Å². The maximum absolute atomic E-state index is 10.9. The number of aryl methyl sites for hydroxylation is 1. The van der Waals surface area contributed by atoms with Crippen LogP contribution in [0.4, 0.5) is 0 Å². The Bertz CT molecular complexity index is 445. The lowest BCUT2D eigenvalue weighted by Gasteiger charge is -2.07. The Morgan fingerprint density at radius 3 is 2.44 bits per heavy atom. The molecule has 0 fully saturated rings. The normalized spacial score (nSPS) is 13.5. The second kappa shape index (κ2) is 4.65. The van der Waals surface area contributed by atoms with Crippen LogP contribution in [-0.4, -0.2) is 26.7 Å². The SMILES string of the molecule is CC(C(=O)O)C(=Cc1cccn1C)C(=O)O. The van der Waals surface area contributed by atoms with E-state index in [2.05, 4.69) is 0 Å². The molecule has 0 saturated carbocycles. The Morgan fingerprint density at radius 1 is 1.44 bits per heavy atom. The predicted molar refractivity (Wildman–Crippen MR) is 57.8 cm³/mol. The smallest absolute Gasteiger partial charge is 0.332 e. The highest BCUT2D eigenvalue weighted by atomic mass is 16.4. The van der Waals surface area contributed by atoms with Crippen LogP contribution < -0.4 is 0 Å². The van der Waals surface area contributed by atoms with E-state index < -0.39 is 17.9 Å². The topological polar surface area (TPSA) is 79.5 Å². The molecule has 0 amide bonds. The second-order valence-corrected chi connectivity index (χ2v) is 3.51. The molecular weight excluding hydrogens is 210 g/mol. The van der Waals surface area contributed by atoms with E-state index in [0.717, 1.165) is 0 Å². The second-order valence-electron chi connectivity index (χ2n) is 3.51. The monoisotopic (exact) mass is 223 g/mol. The molecule has 0 bridgehead atoms. The van der Waals surface area contributed by atoms with Crippen LogP contribution >= 0.6 is 0 Å². The number of rotatable bonds is 4. The van der Waals surface area contributed by atoms with Gasteiger partial charge in [-0.1, -0.05) is 0 Å². The van der Waals surface area contributed by atoms with E-state index in [9.17, 15) is 9.59 Å². The molecular formula is C11H13NO4. The number of nitrogens with zero attached hydrogens (tertiary/aromatic N) is 1. The van der Waals surface area contributed by atoms with Crippen molar-refractivity contribution < 1.29 is 19.8 Å². The summed E-state index contributed by atoms with van der Waals surface area (Å²) in [6.07, 6.45) is 3.14. The molecule has 0 aliphatic rings. The first kappa shape index (κ1) is 12.0. The maximum atomic E-state index is 10.9. The average Bonchev–Trinajstić information content (AvgIpc) is 2.59. The molecule has 0 aliphatic carbocycles. The zero-order valence-electron chi connectivity index (χ0n) is 9.04. The number of carbonyl (C=O) groups is 2. The van der Waals surface area contributed by atoms with Crippen molar-refractivity contribution in [2.75, 3.05) is 0 Å². The third kappa shape index (κ3) is 2.50. The highest BCUT2D eigenvalue weighted by Crippen LogP contribution is 2.16. The van der Waals surface area contributed by atoms with E-state index in [-0.39, 0.29) is 5.57 Å². The third-order valence-electron chi connectivity index (χ3n) is 2.37. The van der Waals surface area contributed by atoms with Gasteiger partial charge in [0.25, 0.3) is 0 Å². The molecule has 2 N–H and O–H groups in total. The van der Waals surface area contributed by atoms with Crippen molar-refractivity contribution in [1.82, 2.24) is 4.57 Å². The van der Waals surface area contributed by atoms with E-state index in [1.807, 2.05) is 0 Å². The molecule has 1 aromatic rings. The fraction of sp³-hybridized carbons (Fsp3) is 0.273. The summed E-state index contributed by atoms with van der Waals surface area (Å²) in [5, 5.41) is 17.7. The molecule has 16 heavy (non-hydrogen) atoms. The minimum Gasteiger partial charge on any atom is -0.481 e. The predicted octanol–water partition coefficient (Wildman–Crippen LogP) is 1.21. The van der Waals surface area contributed by atoms with Gasteiger partial charge in [-0.15, -0.1) is 0 Å². The lowest BCUT2D eigenvalue weighted by atomic mass is 10.0. The summed E-state index contributed by atoms with van der Waals surface area (Å²) < 4.78 is 1.72. The molecule has 0 radical (unpaired) electrons. The Balaban J connectivity index is 3.13. The van der Waals surface area contributed by atoms with Crippen molar-refractivity contribution >= 4 is 18.0 Å². The highest BCUT2D eigenvalue weighted by Gasteiger charge is 2.22. The minimum atomic E-state index is -1.21. The number of hydrogen-bond donors (Lipinski definition) is 2. The fourth-order valence-electron chi connectivity index (χ4n) is 1.29. The van der Waals surface area contributed by atoms with Gasteiger partial charge in [-0.25, -0.2) is 4.79 Å². The van der Waals surface area contributed by atoms with Gasteiger partial charge in [-0.05, 0) is 25.1 Å². The fourth-order valence-corrected chi connectivity index (χ4v) is 1.29. The molecule has 5 heteroatoms. The van der Waals surface area contributed by atoms with E-state index >= 15 is 0 Å². The van der Waals surface area contributed by atoms with E-state index in [1.165, 1.54) is 13.0 Å². The van der Waals surface area contributed by atoms with Gasteiger partial charge in [-0.2, -0.15) is 0 Å². The molecule has 0 spiro atoms. The zero-order valence-corrected chi connectivity index (χ0v) is 9.04. The number of hydrogen-bond acceptors (Lipinski definition) is 2. The maximum Gasteiger partial charge on any atom is 0.332 e. The van der Waals surface area contributed by atoms with Gasteiger partial charge < -0.3 is 14.8 Å². The molecule has 0 aliphatic heterocycles. The Morgan fingerprint density at radius 2 is 2.06 bits per heavy atom. The summed E-state index contributed by atoms with van der Waals surface area (Å²) in [6.45, 7) is 1.35. The summed E-state index contributed by atoms with van der Waals surface area (Å²) in [4.78, 5) is 21.7. The summed E-state index contributed by atoms with van der Waals surface area (Å²) in [5.41, 5.74) is 0.528. The van der Waals surface area contributed by atoms with Crippen LogP contribution in [0.15, 0.2) is 23.9 Å². The van der Waals surface area contributed by atoms with Crippen molar-refractivity contribution in [2.45, 2.75) is 6.92 Å². The molecule has 1 atom stereocenters. The summed E-state index contributed by atoms with van der Waals surface area (Å²) >= 11 is 0. The third-order valence-corrected chi connectivity index (χ3v) is 2.37. The molecule has 1 aromatic heterocycles. The molecule has 1 rings (SSSR count). The number of carboxylic acid groups (broad SMARTS) is 2. The summed E-state index contributed by atoms with van der Waals surface area (Å²) in [6, 6.07) is 3.48. The van der Waals surface area contributed by atoms with E-state index in [0.29, 0.717) is 5.69 Å². The molecule has 86 valence electrons. The minimum absolute atomic E-state index is 0.130. The highest BCUT2D eigenvalue weighted by molar-refractivity contribution is 5.97. The van der Waals surface area contributed by atoms with Crippen molar-refractivity contribution in [3.05, 3.63) is 29.6 Å². The molecule has 5 nitrogen and oxygen atoms in total. The van der Waals surface area contributed by atoms with Crippen LogP contribution in [0.25, 0.3) is 6.08 Å². The molecule has 0 aromatic carbocycles. The van der Waals surface area contributed by atoms with Crippen molar-refractivity contribution in [1.29, 1.82) is 0 Å². The van der Waals surface area contributed by atoms with Gasteiger partial charge >= 0.3 is 11.9 Å². The number of aromatic nitrogens is 1. The van der Waals surface area contributed by atoms with Crippen LogP contribution in [0.5, 0.6) is 0 Å². The first-order valence-electron chi connectivity index (χ1n) is 4.72. The van der Waals surface area contributed by atoms with Crippen molar-refractivity contribution in [2.24, 2.45) is 13.0 Å². The van der Waals surface area contributed by atoms with Crippen molar-refractivity contribution in [3.63, 3.8) is 0 Å². The van der Waals surface area contributed by atoms with Crippen LogP contribution in [0.3, 0.4) is 0 Å². The van der Waals surface area contributed by atoms with Gasteiger partial charge in [-0.3, -0.25) is 4.79 Å². The number of carboxylic acids is 2. The Labute approximate surface area is 92.6 Å². The first-order chi connectivity index (χ1) is 7.43. The molecule has 0 saturated heterocycles. The quantitative estimate of drug-likeness (QED) is 0.752.